The van der Waals surface area contributed by atoms with E-state index in [1.807, 2.05) is 14.1 Å². The van der Waals surface area contributed by atoms with E-state index in [4.69, 9.17) is 5.11 Å². The molecule has 2 amide bonds. The average Bonchev–Trinajstić information content (AvgIpc) is 3.23. The van der Waals surface area contributed by atoms with E-state index in [1.165, 1.54) is 29.7 Å². The average molecular weight is 574 g/mol. The molecule has 0 bridgehead atoms. The molecule has 2 unspecified atom stereocenters. The van der Waals surface area contributed by atoms with Crippen LogP contribution in [0.1, 0.15) is 74.3 Å². The van der Waals surface area contributed by atoms with E-state index in [2.05, 4.69) is 107 Å². The van der Waals surface area contributed by atoms with E-state index in [9.17, 15) is 14.4 Å². The quantitative estimate of drug-likeness (QED) is 0.231. The molecule has 2 atom stereocenters. The van der Waals surface area contributed by atoms with Crippen molar-refractivity contribution < 1.29 is 19.5 Å². The van der Waals surface area contributed by atoms with E-state index < -0.39 is 5.97 Å². The van der Waals surface area contributed by atoms with E-state index in [0.29, 0.717) is 13.0 Å². The fourth-order valence-electron chi connectivity index (χ4n) is 3.96. The lowest BCUT2D eigenvalue weighted by atomic mass is 9.76. The zero-order chi connectivity index (χ0) is 32.1. The zero-order valence-electron chi connectivity index (χ0n) is 27.6. The Morgan fingerprint density at radius 3 is 2.12 bits per heavy atom. The highest BCUT2D eigenvalue weighted by Gasteiger charge is 2.38. The number of carbonyl (C=O) groups is 3. The second-order valence-electron chi connectivity index (χ2n) is 12.1. The lowest BCUT2D eigenvalue weighted by molar-refractivity contribution is -0.132. The van der Waals surface area contributed by atoms with Gasteiger partial charge in [-0.2, -0.15) is 0 Å². The maximum atomic E-state index is 13.1. The number of aryl methyl sites for hydroxylation is 1. The van der Waals surface area contributed by atoms with Crippen LogP contribution in [-0.4, -0.2) is 72.6 Å². The normalized spacial score (nSPS) is 13.1. The van der Waals surface area contributed by atoms with Crippen molar-refractivity contribution in [2.75, 3.05) is 33.0 Å². The number of aromatic nitrogens is 1. The number of nitrogens with one attached hydrogen (secondary N) is 3. The Hall–Kier alpha value is -3.33. The van der Waals surface area contributed by atoms with E-state index >= 15 is 0 Å². The lowest BCUT2D eigenvalue weighted by Gasteiger charge is -2.36. The molecule has 0 aliphatic rings. The summed E-state index contributed by atoms with van der Waals surface area (Å²) in [5.74, 6) is -0.920. The summed E-state index contributed by atoms with van der Waals surface area (Å²) in [4.78, 5) is 34.7. The standard InChI is InChI=1S/C22H36N4O.C7H11NO3.C3H8/c1-14(21(2,3)4)25-20(27)19(24-8)22(5,6)17-13-26(9)18-11-10-15(23-7)12-16(17)18;1-6(7(10)11)3-4-8(2)5-9;1-3-2/h10-14,19,23-24H,1-9H3,(H,25,27);3,5H,4H2,1-2H3,(H,10,11);3H2,1-2H3/b;6-3+;. The van der Waals surface area contributed by atoms with Gasteiger partial charge in [-0.3, -0.25) is 9.59 Å². The van der Waals surface area contributed by atoms with Crippen LogP contribution in [0.5, 0.6) is 0 Å². The number of likely N-dealkylation sites (N-methyl/N-ethyl adjacent to an activating group) is 2. The minimum atomic E-state index is -0.954. The second kappa shape index (κ2) is 16.8. The predicted molar refractivity (Wildman–Crippen MR) is 171 cm³/mol. The number of carboxylic acids is 1. The number of hydrogen-bond donors (Lipinski definition) is 4. The highest BCUT2D eigenvalue weighted by Crippen LogP contribution is 2.36. The summed E-state index contributed by atoms with van der Waals surface area (Å²) in [5, 5.41) is 19.2. The molecule has 0 saturated carbocycles. The first-order valence-electron chi connectivity index (χ1n) is 14.2. The van der Waals surface area contributed by atoms with Gasteiger partial charge in [0, 0.05) is 67.5 Å². The number of anilines is 1. The molecular formula is C32H55N5O4. The van der Waals surface area contributed by atoms with Crippen LogP contribution in [0.15, 0.2) is 36.0 Å². The molecule has 2 rings (SSSR count). The van der Waals surface area contributed by atoms with Gasteiger partial charge >= 0.3 is 5.97 Å². The van der Waals surface area contributed by atoms with Crippen LogP contribution in [0.4, 0.5) is 5.69 Å². The van der Waals surface area contributed by atoms with Crippen LogP contribution >= 0.6 is 0 Å². The maximum Gasteiger partial charge on any atom is 0.331 e. The Balaban J connectivity index is 0.000000954. The Morgan fingerprint density at radius 2 is 1.68 bits per heavy atom. The molecule has 0 spiro atoms. The predicted octanol–water partition coefficient (Wildman–Crippen LogP) is 5.16. The molecule has 1 aromatic heterocycles. The first-order valence-corrected chi connectivity index (χ1v) is 14.2. The molecule has 0 fully saturated rings. The largest absolute Gasteiger partial charge is 0.478 e. The summed E-state index contributed by atoms with van der Waals surface area (Å²) < 4.78 is 2.13. The monoisotopic (exact) mass is 573 g/mol. The fourth-order valence-corrected chi connectivity index (χ4v) is 3.96. The van der Waals surface area contributed by atoms with Crippen LogP contribution in [0, 0.1) is 5.41 Å². The van der Waals surface area contributed by atoms with Gasteiger partial charge in [-0.05, 0) is 50.1 Å². The molecule has 9 nitrogen and oxygen atoms in total. The minimum Gasteiger partial charge on any atom is -0.478 e. The highest BCUT2D eigenvalue weighted by molar-refractivity contribution is 5.91. The zero-order valence-corrected chi connectivity index (χ0v) is 27.6. The number of benzene rings is 1. The second-order valence-corrected chi connectivity index (χ2v) is 12.1. The molecule has 0 radical (unpaired) electrons. The molecule has 1 heterocycles. The molecule has 9 heteroatoms. The van der Waals surface area contributed by atoms with Crippen LogP contribution in [0.25, 0.3) is 10.9 Å². The molecule has 0 aliphatic carbocycles. The van der Waals surface area contributed by atoms with Gasteiger partial charge in [0.2, 0.25) is 12.3 Å². The van der Waals surface area contributed by atoms with Crippen molar-refractivity contribution in [2.24, 2.45) is 12.5 Å². The third-order valence-corrected chi connectivity index (χ3v) is 7.11. The molecule has 4 N–H and O–H groups in total. The van der Waals surface area contributed by atoms with Crippen LogP contribution < -0.4 is 16.0 Å². The summed E-state index contributed by atoms with van der Waals surface area (Å²) in [6.45, 7) is 18.8. The summed E-state index contributed by atoms with van der Waals surface area (Å²) in [7, 11) is 7.42. The number of aliphatic carboxylic acids is 1. The smallest absolute Gasteiger partial charge is 0.331 e. The van der Waals surface area contributed by atoms with Gasteiger partial charge in [0.25, 0.3) is 0 Å². The van der Waals surface area contributed by atoms with Crippen molar-refractivity contribution in [1.29, 1.82) is 0 Å². The lowest BCUT2D eigenvalue weighted by Crippen LogP contribution is -2.56. The molecule has 41 heavy (non-hydrogen) atoms. The van der Waals surface area contributed by atoms with Gasteiger partial charge < -0.3 is 30.5 Å². The Morgan fingerprint density at radius 1 is 1.12 bits per heavy atom. The van der Waals surface area contributed by atoms with Gasteiger partial charge in [0.1, 0.15) is 0 Å². The van der Waals surface area contributed by atoms with Gasteiger partial charge in [-0.15, -0.1) is 0 Å². The number of hydrogen-bond acceptors (Lipinski definition) is 5. The first-order chi connectivity index (χ1) is 18.9. The Labute approximate surface area is 247 Å². The number of nitrogens with zero attached hydrogens (tertiary/aromatic N) is 2. The van der Waals surface area contributed by atoms with Gasteiger partial charge in [0.05, 0.1) is 6.04 Å². The molecule has 1 aromatic carbocycles. The molecule has 0 aliphatic heterocycles. The van der Waals surface area contributed by atoms with Crippen molar-refractivity contribution in [1.82, 2.24) is 20.1 Å². The van der Waals surface area contributed by atoms with Gasteiger partial charge in [-0.1, -0.05) is 61.0 Å². The molecule has 2 aromatic rings. The summed E-state index contributed by atoms with van der Waals surface area (Å²) in [6.07, 6.45) is 5.53. The van der Waals surface area contributed by atoms with Crippen molar-refractivity contribution in [3.05, 3.63) is 41.6 Å². The third kappa shape index (κ3) is 11.2. The molecule has 232 valence electrons. The first kappa shape index (κ1) is 37.7. The summed E-state index contributed by atoms with van der Waals surface area (Å²) in [5.41, 5.74) is 3.27. The Kier molecular flexibility index (Phi) is 15.5. The van der Waals surface area contributed by atoms with Crippen molar-refractivity contribution in [3.63, 3.8) is 0 Å². The van der Waals surface area contributed by atoms with Gasteiger partial charge in [0.15, 0.2) is 0 Å². The minimum absolute atomic E-state index is 0.0131. The van der Waals surface area contributed by atoms with Crippen LogP contribution in [-0.2, 0) is 26.8 Å². The number of carbonyl (C=O) groups excluding carboxylic acids is 2. The SMILES string of the molecule is C/C(=C\CN(C)C=O)C(=O)O.CCC.CNc1ccc2c(c1)c(C(C)(C)C(NC)C(=O)NC(C)C(C)(C)C)cn2C. The van der Waals surface area contributed by atoms with Crippen LogP contribution in [0.2, 0.25) is 0 Å². The number of rotatable bonds is 10. The number of carboxylic acid groups (broad SMARTS) is 1. The third-order valence-electron chi connectivity index (χ3n) is 7.11. The van der Waals surface area contributed by atoms with E-state index in [-0.39, 0.29) is 34.4 Å². The number of amides is 2. The summed E-state index contributed by atoms with van der Waals surface area (Å²) >= 11 is 0. The molecular weight excluding hydrogens is 518 g/mol. The maximum absolute atomic E-state index is 13.1. The summed E-state index contributed by atoms with van der Waals surface area (Å²) in [6, 6.07) is 6.10. The van der Waals surface area contributed by atoms with E-state index in [1.54, 1.807) is 7.05 Å². The highest BCUT2D eigenvalue weighted by atomic mass is 16.4. The van der Waals surface area contributed by atoms with Crippen LogP contribution in [0.3, 0.4) is 0 Å². The topological polar surface area (TPSA) is 116 Å². The van der Waals surface area contributed by atoms with Crippen molar-refractivity contribution in [2.45, 2.75) is 86.2 Å². The molecule has 0 saturated heterocycles. The number of fused-ring (bicyclic) bond motifs is 1. The van der Waals surface area contributed by atoms with Gasteiger partial charge in [-0.25, -0.2) is 4.79 Å². The Bertz CT molecular complexity index is 1160. The van der Waals surface area contributed by atoms with E-state index in [0.717, 1.165) is 16.8 Å². The fraction of sp³-hybridized carbons (Fsp3) is 0.594. The van der Waals surface area contributed by atoms with Crippen molar-refractivity contribution >= 4 is 34.9 Å². The van der Waals surface area contributed by atoms with Crippen molar-refractivity contribution in [3.8, 4) is 0 Å².